The molecule has 21 heavy (non-hydrogen) atoms. The summed E-state index contributed by atoms with van der Waals surface area (Å²) in [5.41, 5.74) is 1.99. The molecule has 118 valence electrons. The number of benzene rings is 1. The van der Waals surface area contributed by atoms with Crippen LogP contribution in [0.1, 0.15) is 44.2 Å². The average molecular weight is 310 g/mol. The van der Waals surface area contributed by atoms with Crippen molar-refractivity contribution < 1.29 is 8.42 Å². The van der Waals surface area contributed by atoms with E-state index in [1.165, 1.54) is 0 Å². The maximum absolute atomic E-state index is 12.2. The van der Waals surface area contributed by atoms with E-state index in [9.17, 15) is 8.42 Å². The van der Waals surface area contributed by atoms with Crippen LogP contribution in [0.5, 0.6) is 0 Å². The zero-order chi connectivity index (χ0) is 15.3. The maximum Gasteiger partial charge on any atom is 0.216 e. The SMILES string of the molecule is CCCNCc1cccc(CS(=O)(=O)NC2CC(C)C2)c1. The first-order chi connectivity index (χ1) is 9.98. The Hall–Kier alpha value is -0.910. The van der Waals surface area contributed by atoms with E-state index in [1.807, 2.05) is 24.3 Å². The molecule has 1 fully saturated rings. The summed E-state index contributed by atoms with van der Waals surface area (Å²) in [5.74, 6) is 0.713. The minimum absolute atomic E-state index is 0.0689. The molecule has 4 nitrogen and oxygen atoms in total. The van der Waals surface area contributed by atoms with Gasteiger partial charge in [0.25, 0.3) is 0 Å². The van der Waals surface area contributed by atoms with Crippen LogP contribution >= 0.6 is 0 Å². The molecule has 1 aliphatic carbocycles. The molecule has 0 radical (unpaired) electrons. The van der Waals surface area contributed by atoms with Gasteiger partial charge in [-0.15, -0.1) is 0 Å². The number of hydrogen-bond acceptors (Lipinski definition) is 3. The van der Waals surface area contributed by atoms with Crippen molar-refractivity contribution in [3.63, 3.8) is 0 Å². The number of rotatable bonds is 8. The highest BCUT2D eigenvalue weighted by Crippen LogP contribution is 2.27. The predicted octanol–water partition coefficient (Wildman–Crippen LogP) is 2.40. The lowest BCUT2D eigenvalue weighted by Crippen LogP contribution is -2.43. The Morgan fingerprint density at radius 3 is 2.62 bits per heavy atom. The Labute approximate surface area is 128 Å². The van der Waals surface area contributed by atoms with Crippen LogP contribution in [0.4, 0.5) is 0 Å². The van der Waals surface area contributed by atoms with E-state index in [-0.39, 0.29) is 11.8 Å². The molecule has 0 aliphatic heterocycles. The fourth-order valence-corrected chi connectivity index (χ4v) is 4.15. The minimum atomic E-state index is -3.23. The van der Waals surface area contributed by atoms with Gasteiger partial charge in [-0.1, -0.05) is 38.1 Å². The monoisotopic (exact) mass is 310 g/mol. The van der Waals surface area contributed by atoms with E-state index in [2.05, 4.69) is 23.9 Å². The highest BCUT2D eigenvalue weighted by atomic mass is 32.2. The molecule has 0 bridgehead atoms. The summed E-state index contributed by atoms with van der Waals surface area (Å²) in [6.07, 6.45) is 3.01. The molecule has 0 unspecified atom stereocenters. The van der Waals surface area contributed by atoms with E-state index in [0.717, 1.165) is 43.5 Å². The normalized spacial score (nSPS) is 22.0. The highest BCUT2D eigenvalue weighted by molar-refractivity contribution is 7.88. The number of nitrogens with one attached hydrogen (secondary N) is 2. The van der Waals surface area contributed by atoms with Crippen LogP contribution < -0.4 is 10.0 Å². The molecule has 0 atom stereocenters. The fourth-order valence-electron chi connectivity index (χ4n) is 2.75. The third-order valence-corrected chi connectivity index (χ3v) is 5.23. The maximum atomic E-state index is 12.2. The molecule has 1 saturated carbocycles. The van der Waals surface area contributed by atoms with Crippen LogP contribution in [0.25, 0.3) is 0 Å². The first-order valence-electron chi connectivity index (χ1n) is 7.77. The van der Waals surface area contributed by atoms with E-state index < -0.39 is 10.0 Å². The zero-order valence-corrected chi connectivity index (χ0v) is 13.7. The van der Waals surface area contributed by atoms with Crippen molar-refractivity contribution >= 4 is 10.0 Å². The number of hydrogen-bond donors (Lipinski definition) is 2. The molecule has 1 aromatic rings. The fraction of sp³-hybridized carbons (Fsp3) is 0.625. The Kier molecular flexibility index (Phi) is 5.79. The molecule has 2 N–H and O–H groups in total. The van der Waals surface area contributed by atoms with E-state index in [0.29, 0.717) is 5.92 Å². The Balaban J connectivity index is 1.90. The van der Waals surface area contributed by atoms with Gasteiger partial charge in [-0.05, 0) is 42.9 Å². The molecular weight excluding hydrogens is 284 g/mol. The van der Waals surface area contributed by atoms with Crippen LogP contribution in [0.3, 0.4) is 0 Å². The topological polar surface area (TPSA) is 58.2 Å². The van der Waals surface area contributed by atoms with Crippen LogP contribution in [-0.2, 0) is 22.3 Å². The van der Waals surface area contributed by atoms with Gasteiger partial charge in [-0.3, -0.25) is 0 Å². The largest absolute Gasteiger partial charge is 0.313 e. The second-order valence-electron chi connectivity index (χ2n) is 6.15. The van der Waals surface area contributed by atoms with Crippen molar-refractivity contribution in [3.8, 4) is 0 Å². The quantitative estimate of drug-likeness (QED) is 0.725. The van der Waals surface area contributed by atoms with Gasteiger partial charge in [-0.2, -0.15) is 0 Å². The van der Waals surface area contributed by atoms with Gasteiger partial charge in [0.15, 0.2) is 0 Å². The van der Waals surface area contributed by atoms with Gasteiger partial charge in [0.1, 0.15) is 0 Å². The smallest absolute Gasteiger partial charge is 0.216 e. The molecule has 0 spiro atoms. The van der Waals surface area contributed by atoms with Gasteiger partial charge in [0, 0.05) is 12.6 Å². The van der Waals surface area contributed by atoms with Crippen molar-refractivity contribution in [1.29, 1.82) is 0 Å². The van der Waals surface area contributed by atoms with Crippen molar-refractivity contribution in [2.24, 2.45) is 5.92 Å². The molecule has 0 aromatic heterocycles. The molecule has 0 saturated heterocycles. The lowest BCUT2D eigenvalue weighted by atomic mass is 9.83. The minimum Gasteiger partial charge on any atom is -0.313 e. The predicted molar refractivity (Wildman–Crippen MR) is 86.4 cm³/mol. The second-order valence-corrected chi connectivity index (χ2v) is 7.90. The van der Waals surface area contributed by atoms with Gasteiger partial charge < -0.3 is 5.32 Å². The standard InChI is InChI=1S/C16H26N2O2S/c1-3-7-17-11-14-5-4-6-15(10-14)12-21(19,20)18-16-8-13(2)9-16/h4-6,10,13,16-18H,3,7-9,11-12H2,1-2H3. The lowest BCUT2D eigenvalue weighted by molar-refractivity contribution is 0.270. The molecular formula is C16H26N2O2S. The van der Waals surface area contributed by atoms with Crippen molar-refractivity contribution in [1.82, 2.24) is 10.0 Å². The van der Waals surface area contributed by atoms with Crippen molar-refractivity contribution in [3.05, 3.63) is 35.4 Å². The van der Waals surface area contributed by atoms with Crippen LogP contribution in [-0.4, -0.2) is 21.0 Å². The summed E-state index contributed by atoms with van der Waals surface area (Å²) < 4.78 is 27.1. The summed E-state index contributed by atoms with van der Waals surface area (Å²) in [6.45, 7) is 6.04. The number of sulfonamides is 1. The summed E-state index contributed by atoms with van der Waals surface area (Å²) in [5, 5.41) is 3.33. The molecule has 0 heterocycles. The second kappa shape index (κ2) is 7.38. The first-order valence-corrected chi connectivity index (χ1v) is 9.42. The molecule has 5 heteroatoms. The van der Waals surface area contributed by atoms with Gasteiger partial charge in [-0.25, -0.2) is 13.1 Å². The zero-order valence-electron chi connectivity index (χ0n) is 12.9. The van der Waals surface area contributed by atoms with Crippen molar-refractivity contribution in [2.75, 3.05) is 6.54 Å². The highest BCUT2D eigenvalue weighted by Gasteiger charge is 2.29. The first kappa shape index (κ1) is 16.5. The van der Waals surface area contributed by atoms with E-state index in [1.54, 1.807) is 0 Å². The Morgan fingerprint density at radius 2 is 1.95 bits per heavy atom. The lowest BCUT2D eigenvalue weighted by Gasteiger charge is -2.32. The van der Waals surface area contributed by atoms with Gasteiger partial charge >= 0.3 is 0 Å². The van der Waals surface area contributed by atoms with Crippen LogP contribution in [0.15, 0.2) is 24.3 Å². The molecule has 0 amide bonds. The van der Waals surface area contributed by atoms with Crippen molar-refractivity contribution in [2.45, 2.75) is 51.4 Å². The third-order valence-electron chi connectivity index (χ3n) is 3.82. The Morgan fingerprint density at radius 1 is 1.24 bits per heavy atom. The van der Waals surface area contributed by atoms with Gasteiger partial charge in [0.05, 0.1) is 5.75 Å². The van der Waals surface area contributed by atoms with Crippen LogP contribution in [0.2, 0.25) is 0 Å². The Bertz CT molecular complexity index is 551. The van der Waals surface area contributed by atoms with E-state index >= 15 is 0 Å². The summed E-state index contributed by atoms with van der Waals surface area (Å²) in [7, 11) is -3.23. The van der Waals surface area contributed by atoms with Crippen LogP contribution in [0, 0.1) is 5.92 Å². The molecule has 2 rings (SSSR count). The summed E-state index contributed by atoms with van der Waals surface area (Å²) in [6, 6.07) is 7.95. The third kappa shape index (κ3) is 5.41. The van der Waals surface area contributed by atoms with E-state index in [4.69, 9.17) is 0 Å². The summed E-state index contributed by atoms with van der Waals surface area (Å²) in [4.78, 5) is 0. The molecule has 1 aromatic carbocycles. The molecule has 1 aliphatic rings. The summed E-state index contributed by atoms with van der Waals surface area (Å²) >= 11 is 0. The average Bonchev–Trinajstić information content (AvgIpc) is 2.37. The van der Waals surface area contributed by atoms with Gasteiger partial charge in [0.2, 0.25) is 10.0 Å².